The number of nitrogens with one attached hydrogen (secondary N) is 1. The Labute approximate surface area is 204 Å². The molecule has 4 amide bonds. The van der Waals surface area contributed by atoms with Crippen molar-refractivity contribution in [2.75, 3.05) is 23.9 Å². The van der Waals surface area contributed by atoms with Crippen LogP contribution < -0.4 is 19.7 Å². The SMILES string of the molecule is CCOc1ccc(NC(=O)C[C@H]2C(=O)N(c3ccccc3)C(=O)N2Cc2ccc(OC)cc2)cc1. The van der Waals surface area contributed by atoms with Crippen molar-refractivity contribution >= 4 is 29.2 Å². The summed E-state index contributed by atoms with van der Waals surface area (Å²) in [6.45, 7) is 2.62. The van der Waals surface area contributed by atoms with Crippen molar-refractivity contribution in [1.29, 1.82) is 0 Å². The first-order valence-electron chi connectivity index (χ1n) is 11.4. The molecule has 8 nitrogen and oxygen atoms in total. The number of benzene rings is 3. The molecule has 1 atom stereocenters. The first-order chi connectivity index (χ1) is 17.0. The number of anilines is 2. The van der Waals surface area contributed by atoms with Crippen LogP contribution in [0.15, 0.2) is 78.9 Å². The minimum atomic E-state index is -0.937. The van der Waals surface area contributed by atoms with Gasteiger partial charge >= 0.3 is 6.03 Å². The molecule has 8 heteroatoms. The highest BCUT2D eigenvalue weighted by molar-refractivity contribution is 6.22. The van der Waals surface area contributed by atoms with Crippen LogP contribution >= 0.6 is 0 Å². The van der Waals surface area contributed by atoms with Crippen LogP contribution in [-0.2, 0) is 16.1 Å². The Balaban J connectivity index is 1.54. The zero-order chi connectivity index (χ0) is 24.8. The summed E-state index contributed by atoms with van der Waals surface area (Å²) in [5.41, 5.74) is 1.87. The third-order valence-electron chi connectivity index (χ3n) is 5.67. The molecule has 0 spiro atoms. The number of para-hydroxylation sites is 1. The second kappa shape index (κ2) is 10.7. The molecule has 1 N–H and O–H groups in total. The fourth-order valence-corrected chi connectivity index (χ4v) is 3.94. The molecule has 0 aromatic heterocycles. The average Bonchev–Trinajstić information content (AvgIpc) is 3.10. The Morgan fingerprint density at radius 1 is 0.914 bits per heavy atom. The van der Waals surface area contributed by atoms with Gasteiger partial charge in [0.25, 0.3) is 5.91 Å². The van der Waals surface area contributed by atoms with Gasteiger partial charge in [-0.25, -0.2) is 9.69 Å². The van der Waals surface area contributed by atoms with Crippen LogP contribution in [0.1, 0.15) is 18.9 Å². The molecule has 3 aromatic rings. The lowest BCUT2D eigenvalue weighted by molar-refractivity contribution is -0.124. The Kier molecular flexibility index (Phi) is 7.30. The van der Waals surface area contributed by atoms with Crippen LogP contribution in [0.25, 0.3) is 0 Å². The lowest BCUT2D eigenvalue weighted by Crippen LogP contribution is -2.37. The van der Waals surface area contributed by atoms with E-state index in [2.05, 4.69) is 5.32 Å². The van der Waals surface area contributed by atoms with E-state index in [1.165, 1.54) is 4.90 Å². The Bertz CT molecular complexity index is 1180. The predicted octanol–water partition coefficient (Wildman–Crippen LogP) is 4.46. The van der Waals surface area contributed by atoms with E-state index < -0.39 is 18.0 Å². The van der Waals surface area contributed by atoms with E-state index in [1.807, 2.05) is 25.1 Å². The molecule has 1 fully saturated rings. The topological polar surface area (TPSA) is 88.2 Å². The summed E-state index contributed by atoms with van der Waals surface area (Å²) >= 11 is 0. The summed E-state index contributed by atoms with van der Waals surface area (Å²) in [5.74, 6) is 0.590. The van der Waals surface area contributed by atoms with E-state index in [-0.39, 0.29) is 18.9 Å². The van der Waals surface area contributed by atoms with Gasteiger partial charge in [0.2, 0.25) is 5.91 Å². The second-order valence-corrected chi connectivity index (χ2v) is 7.99. The Hall–Kier alpha value is -4.33. The lowest BCUT2D eigenvalue weighted by atomic mass is 10.1. The van der Waals surface area contributed by atoms with E-state index in [4.69, 9.17) is 9.47 Å². The lowest BCUT2D eigenvalue weighted by Gasteiger charge is -2.22. The summed E-state index contributed by atoms with van der Waals surface area (Å²) < 4.78 is 10.6. The molecule has 0 radical (unpaired) electrons. The third-order valence-corrected chi connectivity index (χ3v) is 5.67. The maximum absolute atomic E-state index is 13.4. The van der Waals surface area contributed by atoms with Gasteiger partial charge in [0.15, 0.2) is 0 Å². The van der Waals surface area contributed by atoms with Crippen molar-refractivity contribution in [2.45, 2.75) is 25.9 Å². The van der Waals surface area contributed by atoms with Crippen molar-refractivity contribution in [3.63, 3.8) is 0 Å². The highest BCUT2D eigenvalue weighted by atomic mass is 16.5. The predicted molar refractivity (Wildman–Crippen MR) is 133 cm³/mol. The number of carbonyl (C=O) groups is 3. The molecular formula is C27H27N3O5. The molecule has 3 aromatic carbocycles. The zero-order valence-electron chi connectivity index (χ0n) is 19.6. The first-order valence-corrected chi connectivity index (χ1v) is 11.4. The number of hydrogen-bond donors (Lipinski definition) is 1. The summed E-state index contributed by atoms with van der Waals surface area (Å²) in [5, 5.41) is 2.81. The van der Waals surface area contributed by atoms with Crippen molar-refractivity contribution in [2.24, 2.45) is 0 Å². The van der Waals surface area contributed by atoms with Crippen LogP contribution in [0.5, 0.6) is 11.5 Å². The van der Waals surface area contributed by atoms with E-state index in [0.29, 0.717) is 29.5 Å². The molecule has 180 valence electrons. The van der Waals surface area contributed by atoms with Gasteiger partial charge in [-0.1, -0.05) is 30.3 Å². The van der Waals surface area contributed by atoms with Crippen molar-refractivity contribution in [1.82, 2.24) is 4.90 Å². The standard InChI is InChI=1S/C27H27N3O5/c1-3-35-23-15-11-20(12-16-23)28-25(31)17-24-26(32)30(21-7-5-4-6-8-21)27(33)29(24)18-19-9-13-22(34-2)14-10-19/h4-16,24H,3,17-18H2,1-2H3,(H,28,31)/t24-/m0/s1. The van der Waals surface area contributed by atoms with Crippen LogP contribution in [0, 0.1) is 0 Å². The Morgan fingerprint density at radius 2 is 1.57 bits per heavy atom. The van der Waals surface area contributed by atoms with Crippen molar-refractivity contribution in [3.8, 4) is 11.5 Å². The van der Waals surface area contributed by atoms with Gasteiger partial charge in [0.1, 0.15) is 17.5 Å². The number of urea groups is 1. The molecule has 1 aliphatic heterocycles. The fourth-order valence-electron chi connectivity index (χ4n) is 3.94. The monoisotopic (exact) mass is 473 g/mol. The molecule has 0 aliphatic carbocycles. The number of nitrogens with zero attached hydrogens (tertiary/aromatic N) is 2. The molecule has 0 bridgehead atoms. The number of rotatable bonds is 9. The van der Waals surface area contributed by atoms with Gasteiger partial charge in [-0.2, -0.15) is 0 Å². The van der Waals surface area contributed by atoms with Crippen LogP contribution in [0.4, 0.5) is 16.2 Å². The van der Waals surface area contributed by atoms with E-state index >= 15 is 0 Å². The highest BCUT2D eigenvalue weighted by Crippen LogP contribution is 2.29. The van der Waals surface area contributed by atoms with Crippen LogP contribution in [0.2, 0.25) is 0 Å². The number of hydrogen-bond acceptors (Lipinski definition) is 5. The number of amides is 4. The molecule has 0 saturated carbocycles. The smallest absolute Gasteiger partial charge is 0.332 e. The van der Waals surface area contributed by atoms with Gasteiger partial charge in [0, 0.05) is 12.2 Å². The maximum atomic E-state index is 13.4. The maximum Gasteiger partial charge on any atom is 0.332 e. The van der Waals surface area contributed by atoms with Gasteiger partial charge in [-0.15, -0.1) is 0 Å². The molecule has 4 rings (SSSR count). The normalized spacial score (nSPS) is 15.3. The molecule has 35 heavy (non-hydrogen) atoms. The third kappa shape index (κ3) is 5.43. The molecule has 1 saturated heterocycles. The summed E-state index contributed by atoms with van der Waals surface area (Å²) in [4.78, 5) is 42.2. The van der Waals surface area contributed by atoms with E-state index in [9.17, 15) is 14.4 Å². The quantitative estimate of drug-likeness (QED) is 0.464. The molecule has 0 unspecified atom stereocenters. The van der Waals surface area contributed by atoms with Gasteiger partial charge in [-0.05, 0) is 61.0 Å². The molecular weight excluding hydrogens is 446 g/mol. The summed E-state index contributed by atoms with van der Waals surface area (Å²) in [6.07, 6.45) is -0.169. The average molecular weight is 474 g/mol. The number of ether oxygens (including phenoxy) is 2. The zero-order valence-corrected chi connectivity index (χ0v) is 19.6. The largest absolute Gasteiger partial charge is 0.497 e. The van der Waals surface area contributed by atoms with E-state index in [0.717, 1.165) is 10.5 Å². The highest BCUT2D eigenvalue weighted by Gasteiger charge is 2.46. The van der Waals surface area contributed by atoms with Crippen molar-refractivity contribution < 1.29 is 23.9 Å². The van der Waals surface area contributed by atoms with Gasteiger partial charge in [-0.3, -0.25) is 9.59 Å². The van der Waals surface area contributed by atoms with Gasteiger partial charge < -0.3 is 19.7 Å². The van der Waals surface area contributed by atoms with Crippen molar-refractivity contribution in [3.05, 3.63) is 84.4 Å². The van der Waals surface area contributed by atoms with E-state index in [1.54, 1.807) is 67.8 Å². The number of carbonyl (C=O) groups excluding carboxylic acids is 3. The number of imide groups is 1. The minimum absolute atomic E-state index is 0.169. The summed E-state index contributed by atoms with van der Waals surface area (Å²) in [7, 11) is 1.58. The number of methoxy groups -OCH3 is 1. The molecule has 1 aliphatic rings. The second-order valence-electron chi connectivity index (χ2n) is 7.99. The summed E-state index contributed by atoms with van der Waals surface area (Å²) in [6, 6.07) is 21.6. The molecule has 1 heterocycles. The minimum Gasteiger partial charge on any atom is -0.497 e. The Morgan fingerprint density at radius 3 is 2.20 bits per heavy atom. The van der Waals surface area contributed by atoms with Gasteiger partial charge in [0.05, 0.1) is 25.8 Å². The van der Waals surface area contributed by atoms with Crippen LogP contribution in [0.3, 0.4) is 0 Å². The fraction of sp³-hybridized carbons (Fsp3) is 0.222. The first kappa shape index (κ1) is 23.8. The van der Waals surface area contributed by atoms with Crippen LogP contribution in [-0.4, -0.2) is 42.5 Å².